The van der Waals surface area contributed by atoms with E-state index in [-0.39, 0.29) is 0 Å². The van der Waals surface area contributed by atoms with E-state index >= 15 is 0 Å². The molecule has 2 heteroatoms. The Morgan fingerprint density at radius 3 is 2.28 bits per heavy atom. The van der Waals surface area contributed by atoms with Gasteiger partial charge in [0.2, 0.25) is 0 Å². The molecule has 0 aliphatic rings. The fraction of sp³-hybridized carbons (Fsp3) is 0.625. The minimum Gasteiger partial charge on any atom is -0.315 e. The third kappa shape index (κ3) is 4.79. The molecule has 0 aliphatic carbocycles. The van der Waals surface area contributed by atoms with Crippen LogP contribution in [-0.2, 0) is 0 Å². The van der Waals surface area contributed by atoms with Gasteiger partial charge in [0, 0.05) is 19.1 Å². The number of nitrogens with one attached hydrogen (secondary N) is 1. The van der Waals surface area contributed by atoms with Crippen molar-refractivity contribution < 1.29 is 0 Å². The molecule has 0 aromatic heterocycles. The monoisotopic (exact) mass is 248 g/mol. The van der Waals surface area contributed by atoms with Crippen LogP contribution in [0.15, 0.2) is 30.3 Å². The number of hydrogen-bond acceptors (Lipinski definition) is 2. The highest BCUT2D eigenvalue weighted by Gasteiger charge is 2.19. The van der Waals surface area contributed by atoms with Gasteiger partial charge in [0.1, 0.15) is 0 Å². The first-order valence-corrected chi connectivity index (χ1v) is 7.18. The summed E-state index contributed by atoms with van der Waals surface area (Å²) in [6, 6.07) is 11.3. The molecule has 0 heterocycles. The second-order valence-corrected chi connectivity index (χ2v) is 5.22. The smallest absolute Gasteiger partial charge is 0.0472 e. The fourth-order valence-electron chi connectivity index (χ4n) is 2.36. The van der Waals surface area contributed by atoms with E-state index in [2.05, 4.69) is 68.2 Å². The zero-order valence-electron chi connectivity index (χ0n) is 12.3. The number of hydrogen-bond donors (Lipinski definition) is 1. The van der Waals surface area contributed by atoms with Crippen LogP contribution >= 0.6 is 0 Å². The Balaban J connectivity index is 2.82. The average molecular weight is 248 g/mol. The Labute approximate surface area is 112 Å². The van der Waals surface area contributed by atoms with Crippen molar-refractivity contribution in [3.8, 4) is 0 Å². The molecule has 0 amide bonds. The summed E-state index contributed by atoms with van der Waals surface area (Å²) in [5, 5.41) is 3.49. The normalized spacial score (nSPS) is 13.2. The maximum atomic E-state index is 3.49. The van der Waals surface area contributed by atoms with Crippen LogP contribution in [0.2, 0.25) is 0 Å². The lowest BCUT2D eigenvalue weighted by Gasteiger charge is -2.32. The Bertz CT molecular complexity index is 308. The van der Waals surface area contributed by atoms with E-state index in [9.17, 15) is 0 Å². The van der Waals surface area contributed by atoms with Gasteiger partial charge in [-0.15, -0.1) is 0 Å². The molecule has 0 saturated heterocycles. The van der Waals surface area contributed by atoms with Crippen molar-refractivity contribution in [2.75, 3.05) is 26.2 Å². The molecule has 102 valence electrons. The summed E-state index contributed by atoms with van der Waals surface area (Å²) >= 11 is 0. The number of likely N-dealkylation sites (N-methyl/N-ethyl adjacent to an activating group) is 2. The molecule has 18 heavy (non-hydrogen) atoms. The van der Waals surface area contributed by atoms with Crippen LogP contribution in [0.3, 0.4) is 0 Å². The van der Waals surface area contributed by atoms with Crippen molar-refractivity contribution in [3.05, 3.63) is 35.9 Å². The zero-order chi connectivity index (χ0) is 13.4. The number of rotatable bonds is 8. The summed E-state index contributed by atoms with van der Waals surface area (Å²) in [6.07, 6.45) is 0. The molecule has 0 radical (unpaired) electrons. The van der Waals surface area contributed by atoms with E-state index in [0.29, 0.717) is 12.0 Å². The molecule has 1 N–H and O–H groups in total. The molecule has 0 spiro atoms. The van der Waals surface area contributed by atoms with E-state index in [1.54, 1.807) is 0 Å². The van der Waals surface area contributed by atoms with E-state index in [0.717, 1.165) is 26.2 Å². The average Bonchev–Trinajstić information content (AvgIpc) is 2.38. The van der Waals surface area contributed by atoms with Gasteiger partial charge in [0.15, 0.2) is 0 Å². The Kier molecular flexibility index (Phi) is 6.99. The van der Waals surface area contributed by atoms with Gasteiger partial charge in [0.05, 0.1) is 0 Å². The largest absolute Gasteiger partial charge is 0.315 e. The maximum Gasteiger partial charge on any atom is 0.0472 e. The molecule has 0 aliphatic heterocycles. The van der Waals surface area contributed by atoms with Crippen LogP contribution in [-0.4, -0.2) is 31.1 Å². The highest BCUT2D eigenvalue weighted by atomic mass is 15.2. The van der Waals surface area contributed by atoms with Crippen molar-refractivity contribution in [3.63, 3.8) is 0 Å². The van der Waals surface area contributed by atoms with Crippen LogP contribution in [0, 0.1) is 5.92 Å². The highest BCUT2D eigenvalue weighted by molar-refractivity contribution is 5.19. The van der Waals surface area contributed by atoms with Crippen molar-refractivity contribution >= 4 is 0 Å². The molecular weight excluding hydrogens is 220 g/mol. The van der Waals surface area contributed by atoms with Gasteiger partial charge < -0.3 is 5.32 Å². The summed E-state index contributed by atoms with van der Waals surface area (Å²) in [7, 11) is 0. The van der Waals surface area contributed by atoms with Gasteiger partial charge in [-0.1, -0.05) is 58.0 Å². The molecule has 0 fully saturated rings. The topological polar surface area (TPSA) is 15.3 Å². The second-order valence-electron chi connectivity index (χ2n) is 5.22. The van der Waals surface area contributed by atoms with E-state index in [1.807, 2.05) is 0 Å². The molecular formula is C16H28N2. The van der Waals surface area contributed by atoms with E-state index in [1.165, 1.54) is 5.56 Å². The summed E-state index contributed by atoms with van der Waals surface area (Å²) < 4.78 is 0. The first kappa shape index (κ1) is 15.2. The van der Waals surface area contributed by atoms with E-state index in [4.69, 9.17) is 0 Å². The molecule has 1 aromatic carbocycles. The lowest BCUT2D eigenvalue weighted by molar-refractivity contribution is 0.181. The summed E-state index contributed by atoms with van der Waals surface area (Å²) in [5.41, 5.74) is 1.42. The minimum atomic E-state index is 0.485. The van der Waals surface area contributed by atoms with Gasteiger partial charge in [0.25, 0.3) is 0 Å². The first-order chi connectivity index (χ1) is 8.69. The third-order valence-corrected chi connectivity index (χ3v) is 3.22. The SMILES string of the molecule is CCNCC(c1ccccc1)N(CC)CC(C)C. The second kappa shape index (κ2) is 8.28. The van der Waals surface area contributed by atoms with Crippen molar-refractivity contribution in [1.29, 1.82) is 0 Å². The van der Waals surface area contributed by atoms with Crippen molar-refractivity contribution in [2.45, 2.75) is 33.7 Å². The minimum absolute atomic E-state index is 0.485. The Morgan fingerprint density at radius 2 is 1.78 bits per heavy atom. The maximum absolute atomic E-state index is 3.49. The van der Waals surface area contributed by atoms with Crippen LogP contribution in [0.5, 0.6) is 0 Å². The number of nitrogens with zero attached hydrogens (tertiary/aromatic N) is 1. The fourth-order valence-corrected chi connectivity index (χ4v) is 2.36. The highest BCUT2D eigenvalue weighted by Crippen LogP contribution is 2.20. The van der Waals surface area contributed by atoms with Crippen molar-refractivity contribution in [1.82, 2.24) is 10.2 Å². The van der Waals surface area contributed by atoms with Gasteiger partial charge in [-0.25, -0.2) is 0 Å². The molecule has 0 bridgehead atoms. The molecule has 2 nitrogen and oxygen atoms in total. The summed E-state index contributed by atoms with van der Waals surface area (Å²) in [6.45, 7) is 13.3. The molecule has 1 unspecified atom stereocenters. The quantitative estimate of drug-likeness (QED) is 0.759. The lowest BCUT2D eigenvalue weighted by atomic mass is 10.0. The van der Waals surface area contributed by atoms with Gasteiger partial charge >= 0.3 is 0 Å². The zero-order valence-corrected chi connectivity index (χ0v) is 12.3. The van der Waals surface area contributed by atoms with Crippen molar-refractivity contribution in [2.24, 2.45) is 5.92 Å². The molecule has 1 aromatic rings. The van der Waals surface area contributed by atoms with Crippen LogP contribution < -0.4 is 5.32 Å². The van der Waals surface area contributed by atoms with Crippen LogP contribution in [0.1, 0.15) is 39.3 Å². The van der Waals surface area contributed by atoms with Gasteiger partial charge in [-0.05, 0) is 24.6 Å². The molecule has 0 saturated carbocycles. The first-order valence-electron chi connectivity index (χ1n) is 7.18. The predicted octanol–water partition coefficient (Wildman–Crippen LogP) is 3.32. The Hall–Kier alpha value is -0.860. The predicted molar refractivity (Wildman–Crippen MR) is 79.8 cm³/mol. The van der Waals surface area contributed by atoms with E-state index < -0.39 is 0 Å². The third-order valence-electron chi connectivity index (χ3n) is 3.22. The molecule has 1 atom stereocenters. The summed E-state index contributed by atoms with van der Waals surface area (Å²) in [4.78, 5) is 2.57. The van der Waals surface area contributed by atoms with Crippen LogP contribution in [0.4, 0.5) is 0 Å². The standard InChI is InChI=1S/C16H28N2/c1-5-17-12-16(15-10-8-7-9-11-15)18(6-2)13-14(3)4/h7-11,14,16-17H,5-6,12-13H2,1-4H3. The number of benzene rings is 1. The van der Waals surface area contributed by atoms with Gasteiger partial charge in [-0.3, -0.25) is 4.90 Å². The summed E-state index contributed by atoms with van der Waals surface area (Å²) in [5.74, 6) is 0.706. The lowest BCUT2D eigenvalue weighted by Crippen LogP contribution is -2.38. The van der Waals surface area contributed by atoms with Gasteiger partial charge in [-0.2, -0.15) is 0 Å². The molecule has 1 rings (SSSR count). The van der Waals surface area contributed by atoms with Crippen LogP contribution in [0.25, 0.3) is 0 Å². The Morgan fingerprint density at radius 1 is 1.11 bits per heavy atom.